The van der Waals surface area contributed by atoms with E-state index in [1.807, 2.05) is 0 Å². The van der Waals surface area contributed by atoms with Gasteiger partial charge in [-0.15, -0.1) is 0 Å². The third kappa shape index (κ3) is 6.20. The normalized spacial score (nSPS) is 11.7. The van der Waals surface area contributed by atoms with Crippen molar-refractivity contribution in [2.75, 3.05) is 0 Å². The molecule has 1 nitrogen and oxygen atoms in total. The Labute approximate surface area is 288 Å². The number of rotatable bonds is 7. The Morgan fingerprint density at radius 3 is 1.46 bits per heavy atom. The Balaban J connectivity index is 1.59. The van der Waals surface area contributed by atoms with Gasteiger partial charge in [0.15, 0.2) is 0 Å². The molecule has 0 fully saturated rings. The highest BCUT2D eigenvalue weighted by molar-refractivity contribution is 14.1. The molecule has 226 valence electrons. The molecule has 0 aliphatic heterocycles. The zero-order valence-corrected chi connectivity index (χ0v) is 29.6. The van der Waals surface area contributed by atoms with Crippen molar-refractivity contribution < 1.29 is 4.43 Å². The van der Waals surface area contributed by atoms with E-state index in [1.165, 1.54) is 13.9 Å². The number of benzene rings is 6. The average molecular weight is 725 g/mol. The maximum Gasteiger partial charge on any atom is 0.319 e. The smallest absolute Gasteiger partial charge is 0.319 e. The van der Waals surface area contributed by atoms with Gasteiger partial charge in [-0.25, -0.2) is 0 Å². The van der Waals surface area contributed by atoms with Crippen LogP contribution in [0.25, 0.3) is 0 Å². The van der Waals surface area contributed by atoms with Crippen molar-refractivity contribution in [1.29, 1.82) is 0 Å². The second kappa shape index (κ2) is 13.5. The molecule has 6 rings (SSSR count). The first-order valence-corrected chi connectivity index (χ1v) is 18.6. The van der Waals surface area contributed by atoms with E-state index >= 15 is 0 Å². The molecule has 0 aliphatic rings. The lowest BCUT2D eigenvalue weighted by Gasteiger charge is -2.43. The molecule has 0 heterocycles. The maximum atomic E-state index is 7.51. The molecule has 0 amide bonds. The van der Waals surface area contributed by atoms with Crippen LogP contribution in [0.15, 0.2) is 170 Å². The van der Waals surface area contributed by atoms with Crippen LogP contribution in [-0.4, -0.2) is 8.32 Å². The molecule has 0 spiro atoms. The van der Waals surface area contributed by atoms with Gasteiger partial charge in [0.25, 0.3) is 0 Å². The van der Waals surface area contributed by atoms with Gasteiger partial charge in [-0.1, -0.05) is 166 Å². The molecule has 0 radical (unpaired) electrons. The summed E-state index contributed by atoms with van der Waals surface area (Å²) < 4.78 is 8.70. The highest BCUT2D eigenvalue weighted by atomic mass is 127. The van der Waals surface area contributed by atoms with Gasteiger partial charge < -0.3 is 4.43 Å². The summed E-state index contributed by atoms with van der Waals surface area (Å²) in [6.45, 7) is 6.94. The average Bonchev–Trinajstić information content (AvgIpc) is 3.10. The first kappa shape index (κ1) is 31.6. The standard InChI is InChI=1S/C43H37IOSi/c1-42(2,3)46(40-23-12-6-13-24-40,41-25-14-7-15-26-41)45-39-22-16-21-37(33-39)43(35-17-8-4-9-18-35,36-19-10-5-11-20-36)32-31-34-27-29-38(44)30-28-34/h4-30,33H,1-3H3. The van der Waals surface area contributed by atoms with Crippen LogP contribution in [0, 0.1) is 15.4 Å². The molecular weight excluding hydrogens is 687 g/mol. The second-order valence-electron chi connectivity index (χ2n) is 12.5. The summed E-state index contributed by atoms with van der Waals surface area (Å²) in [7, 11) is -2.84. The van der Waals surface area contributed by atoms with Crippen molar-refractivity contribution in [3.05, 3.63) is 196 Å². The topological polar surface area (TPSA) is 9.23 Å². The number of hydrogen-bond acceptors (Lipinski definition) is 1. The predicted octanol–water partition coefficient (Wildman–Crippen LogP) is 9.62. The van der Waals surface area contributed by atoms with E-state index in [2.05, 4.69) is 225 Å². The fourth-order valence-corrected chi connectivity index (χ4v) is 11.2. The molecule has 0 unspecified atom stereocenters. The lowest BCUT2D eigenvalue weighted by atomic mass is 9.70. The Morgan fingerprint density at radius 2 is 0.978 bits per heavy atom. The van der Waals surface area contributed by atoms with Crippen LogP contribution in [0.3, 0.4) is 0 Å². The SMILES string of the molecule is CC(C)(C)[Si](Oc1cccc(C(C#Cc2ccc(I)cc2)(c2ccccc2)c2ccccc2)c1)(c1ccccc1)c1ccccc1. The molecule has 0 aliphatic carbocycles. The highest BCUT2D eigenvalue weighted by Gasteiger charge is 2.52. The highest BCUT2D eigenvalue weighted by Crippen LogP contribution is 2.42. The van der Waals surface area contributed by atoms with Crippen molar-refractivity contribution in [2.45, 2.75) is 31.2 Å². The number of halogens is 1. The summed E-state index contributed by atoms with van der Waals surface area (Å²) in [5, 5.41) is 2.33. The summed E-state index contributed by atoms with van der Waals surface area (Å²) in [5.74, 6) is 8.22. The lowest BCUT2D eigenvalue weighted by molar-refractivity contribution is 0.507. The number of hydrogen-bond donors (Lipinski definition) is 0. The lowest BCUT2D eigenvalue weighted by Crippen LogP contribution is -2.68. The van der Waals surface area contributed by atoms with E-state index in [4.69, 9.17) is 4.43 Å². The molecule has 6 aromatic carbocycles. The van der Waals surface area contributed by atoms with E-state index in [0.717, 1.165) is 28.0 Å². The van der Waals surface area contributed by atoms with E-state index in [-0.39, 0.29) is 5.04 Å². The van der Waals surface area contributed by atoms with Crippen LogP contribution in [0.4, 0.5) is 0 Å². The molecular formula is C43H37IOSi. The van der Waals surface area contributed by atoms with Gasteiger partial charge in [-0.05, 0) is 91.1 Å². The van der Waals surface area contributed by atoms with Crippen LogP contribution < -0.4 is 14.8 Å². The van der Waals surface area contributed by atoms with Crippen LogP contribution in [0.2, 0.25) is 5.04 Å². The molecule has 3 heteroatoms. The molecule has 0 saturated carbocycles. The summed E-state index contributed by atoms with van der Waals surface area (Å²) in [5.41, 5.74) is 3.54. The second-order valence-corrected chi connectivity index (χ2v) is 18.0. The van der Waals surface area contributed by atoms with Gasteiger partial charge in [-0.3, -0.25) is 0 Å². The first-order chi connectivity index (χ1) is 22.3. The maximum absolute atomic E-state index is 7.51. The van der Waals surface area contributed by atoms with Crippen molar-refractivity contribution in [3.8, 4) is 17.6 Å². The third-order valence-corrected chi connectivity index (χ3v) is 14.3. The van der Waals surface area contributed by atoms with Gasteiger partial charge in [0, 0.05) is 9.13 Å². The Morgan fingerprint density at radius 1 is 0.522 bits per heavy atom. The predicted molar refractivity (Wildman–Crippen MR) is 203 cm³/mol. The Hall–Kier alpha value is -4.37. The summed E-state index contributed by atoms with van der Waals surface area (Å²) in [4.78, 5) is 0. The third-order valence-electron chi connectivity index (χ3n) is 8.61. The summed E-state index contributed by atoms with van der Waals surface area (Å²) in [6.07, 6.45) is 0. The zero-order valence-electron chi connectivity index (χ0n) is 26.5. The van der Waals surface area contributed by atoms with Crippen LogP contribution in [0.1, 0.15) is 43.0 Å². The van der Waals surface area contributed by atoms with Gasteiger partial charge in [0.1, 0.15) is 11.2 Å². The minimum Gasteiger partial charge on any atom is -0.534 e. The Kier molecular flexibility index (Phi) is 9.31. The monoisotopic (exact) mass is 724 g/mol. The van der Waals surface area contributed by atoms with Crippen LogP contribution >= 0.6 is 22.6 Å². The van der Waals surface area contributed by atoms with Crippen molar-refractivity contribution in [2.24, 2.45) is 0 Å². The van der Waals surface area contributed by atoms with Crippen molar-refractivity contribution >= 4 is 41.3 Å². The summed E-state index contributed by atoms with van der Waals surface area (Å²) >= 11 is 2.34. The van der Waals surface area contributed by atoms with Gasteiger partial charge in [0.2, 0.25) is 0 Å². The van der Waals surface area contributed by atoms with Gasteiger partial charge in [-0.2, -0.15) is 0 Å². The molecule has 0 saturated heterocycles. The van der Waals surface area contributed by atoms with Crippen LogP contribution in [0.5, 0.6) is 5.75 Å². The minimum atomic E-state index is -2.84. The fraction of sp³-hybridized carbons (Fsp3) is 0.116. The van der Waals surface area contributed by atoms with E-state index in [0.29, 0.717) is 0 Å². The molecule has 46 heavy (non-hydrogen) atoms. The minimum absolute atomic E-state index is 0.160. The zero-order chi connectivity index (χ0) is 32.0. The molecule has 6 aromatic rings. The van der Waals surface area contributed by atoms with Gasteiger partial charge >= 0.3 is 8.32 Å². The fourth-order valence-electron chi connectivity index (χ4n) is 6.41. The largest absolute Gasteiger partial charge is 0.534 e. The van der Waals surface area contributed by atoms with E-state index in [1.54, 1.807) is 0 Å². The molecule has 0 aromatic heterocycles. The van der Waals surface area contributed by atoms with Gasteiger partial charge in [0.05, 0.1) is 0 Å². The van der Waals surface area contributed by atoms with Crippen molar-refractivity contribution in [1.82, 2.24) is 0 Å². The quantitative estimate of drug-likeness (QED) is 0.0690. The van der Waals surface area contributed by atoms with Crippen LogP contribution in [-0.2, 0) is 5.41 Å². The van der Waals surface area contributed by atoms with E-state index in [9.17, 15) is 0 Å². The van der Waals surface area contributed by atoms with E-state index < -0.39 is 13.7 Å². The first-order valence-electron chi connectivity index (χ1n) is 15.6. The molecule has 0 bridgehead atoms. The summed E-state index contributed by atoms with van der Waals surface area (Å²) in [6, 6.07) is 59.9. The Bertz CT molecular complexity index is 1860. The van der Waals surface area contributed by atoms with Crippen molar-refractivity contribution in [3.63, 3.8) is 0 Å². The molecule has 0 atom stereocenters. The molecule has 0 N–H and O–H groups in total.